The molecule has 1 saturated heterocycles. The highest BCUT2D eigenvalue weighted by molar-refractivity contribution is 6.02. The van der Waals surface area contributed by atoms with Crippen molar-refractivity contribution in [3.05, 3.63) is 75.2 Å². The Morgan fingerprint density at radius 2 is 1.84 bits per heavy atom. The summed E-state index contributed by atoms with van der Waals surface area (Å²) in [5.41, 5.74) is 1.98. The van der Waals surface area contributed by atoms with Gasteiger partial charge in [0, 0.05) is 19.3 Å². The van der Waals surface area contributed by atoms with Gasteiger partial charge in [-0.25, -0.2) is 0 Å². The average molecular weight is 428 g/mol. The van der Waals surface area contributed by atoms with Crippen LogP contribution in [0.2, 0.25) is 0 Å². The number of hydrogen-bond donors (Lipinski definition) is 0. The second-order valence-corrected chi connectivity index (χ2v) is 8.01. The zero-order valence-electron chi connectivity index (χ0n) is 18.2. The number of fused-ring (bicyclic) bond motifs is 1. The van der Waals surface area contributed by atoms with E-state index in [4.69, 9.17) is 4.74 Å². The number of rotatable bonds is 4. The summed E-state index contributed by atoms with van der Waals surface area (Å²) in [5.74, 6) is 0.220. The molecule has 3 aromatic rings. The maximum atomic E-state index is 13.3. The molecule has 7 heteroatoms. The maximum absolute atomic E-state index is 13.3. The van der Waals surface area contributed by atoms with Crippen LogP contribution in [-0.2, 0) is 4.79 Å². The molecule has 0 radical (unpaired) electrons. The van der Waals surface area contributed by atoms with E-state index in [1.54, 1.807) is 29.3 Å². The smallest absolute Gasteiger partial charge is 0.269 e. The molecule has 0 saturated carbocycles. The summed E-state index contributed by atoms with van der Waals surface area (Å²) in [7, 11) is 0. The Balaban J connectivity index is 1.84. The summed E-state index contributed by atoms with van der Waals surface area (Å²) in [6.45, 7) is 5.13. The van der Waals surface area contributed by atoms with E-state index in [1.165, 1.54) is 10.5 Å². The number of nitrogens with zero attached hydrogens (tertiary/aromatic N) is 4. The molecule has 1 aromatic carbocycles. The first-order chi connectivity index (χ1) is 15.5. The van der Waals surface area contributed by atoms with Crippen molar-refractivity contribution in [3.8, 4) is 17.7 Å². The van der Waals surface area contributed by atoms with Crippen molar-refractivity contribution in [1.29, 1.82) is 5.26 Å². The molecule has 0 atom stereocenters. The van der Waals surface area contributed by atoms with E-state index in [-0.39, 0.29) is 22.9 Å². The lowest BCUT2D eigenvalue weighted by molar-refractivity contribution is -0.127. The molecule has 1 aliphatic heterocycles. The predicted molar refractivity (Wildman–Crippen MR) is 121 cm³/mol. The quantitative estimate of drug-likeness (QED) is 0.463. The predicted octanol–water partition coefficient (Wildman–Crippen LogP) is 4.02. The van der Waals surface area contributed by atoms with Crippen LogP contribution < -0.4 is 10.3 Å². The van der Waals surface area contributed by atoms with E-state index in [1.807, 2.05) is 38.1 Å². The number of amides is 1. The third kappa shape index (κ3) is 4.40. The number of hydrogen-bond acceptors (Lipinski definition) is 5. The number of nitriles is 1. The Labute approximate surface area is 186 Å². The van der Waals surface area contributed by atoms with Gasteiger partial charge in [-0.05, 0) is 74.6 Å². The minimum absolute atomic E-state index is 0.0606. The van der Waals surface area contributed by atoms with E-state index < -0.39 is 5.56 Å². The van der Waals surface area contributed by atoms with Gasteiger partial charge in [0.05, 0.1) is 0 Å². The van der Waals surface area contributed by atoms with Crippen molar-refractivity contribution in [2.75, 3.05) is 13.1 Å². The molecule has 0 aliphatic carbocycles. The van der Waals surface area contributed by atoms with Gasteiger partial charge in [-0.15, -0.1) is 0 Å². The highest BCUT2D eigenvalue weighted by Crippen LogP contribution is 2.26. The number of pyridine rings is 1. The Hall–Kier alpha value is -3.92. The Morgan fingerprint density at radius 3 is 2.53 bits per heavy atom. The van der Waals surface area contributed by atoms with Crippen LogP contribution in [0.1, 0.15) is 36.0 Å². The van der Waals surface area contributed by atoms with E-state index >= 15 is 0 Å². The van der Waals surface area contributed by atoms with E-state index in [0.717, 1.165) is 30.4 Å². The normalized spacial score (nSPS) is 14.3. The highest BCUT2D eigenvalue weighted by atomic mass is 16.5. The number of likely N-dealkylation sites (tertiary alicyclic amines) is 1. The van der Waals surface area contributed by atoms with Gasteiger partial charge in [0.1, 0.15) is 28.6 Å². The first kappa shape index (κ1) is 21.3. The SMILES string of the molecule is Cc1cc(C)cc(Oc2nc3ccccn3c(=O)c2C=C(C#N)C(=O)N2CCCCC2)c1. The summed E-state index contributed by atoms with van der Waals surface area (Å²) >= 11 is 0. The van der Waals surface area contributed by atoms with Gasteiger partial charge in [0.25, 0.3) is 11.5 Å². The molecule has 162 valence electrons. The van der Waals surface area contributed by atoms with Gasteiger partial charge < -0.3 is 9.64 Å². The van der Waals surface area contributed by atoms with Crippen molar-refractivity contribution in [2.24, 2.45) is 0 Å². The fraction of sp³-hybridized carbons (Fsp3) is 0.280. The molecular formula is C25H24N4O3. The molecule has 1 fully saturated rings. The van der Waals surface area contributed by atoms with Crippen molar-refractivity contribution < 1.29 is 9.53 Å². The second-order valence-electron chi connectivity index (χ2n) is 8.01. The van der Waals surface area contributed by atoms with Gasteiger partial charge in [0.15, 0.2) is 0 Å². The monoisotopic (exact) mass is 428 g/mol. The number of benzene rings is 1. The minimum atomic E-state index is -0.408. The van der Waals surface area contributed by atoms with Crippen LogP contribution in [0.3, 0.4) is 0 Å². The zero-order valence-corrected chi connectivity index (χ0v) is 18.2. The fourth-order valence-electron chi connectivity index (χ4n) is 3.94. The third-order valence-corrected chi connectivity index (χ3v) is 5.43. The molecule has 0 bridgehead atoms. The number of aromatic nitrogens is 2. The van der Waals surface area contributed by atoms with Gasteiger partial charge in [-0.2, -0.15) is 10.2 Å². The van der Waals surface area contributed by atoms with E-state index in [9.17, 15) is 14.9 Å². The number of carbonyl (C=O) groups excluding carboxylic acids is 1. The molecular weight excluding hydrogens is 404 g/mol. The number of ether oxygens (including phenoxy) is 1. The molecule has 0 spiro atoms. The van der Waals surface area contributed by atoms with Crippen molar-refractivity contribution in [1.82, 2.24) is 14.3 Å². The molecule has 0 N–H and O–H groups in total. The minimum Gasteiger partial charge on any atom is -0.438 e. The Morgan fingerprint density at radius 1 is 1.12 bits per heavy atom. The summed E-state index contributed by atoms with van der Waals surface area (Å²) in [4.78, 5) is 32.4. The number of carbonyl (C=O) groups is 1. The van der Waals surface area contributed by atoms with Crippen LogP contribution in [0.25, 0.3) is 11.7 Å². The van der Waals surface area contributed by atoms with Crippen LogP contribution >= 0.6 is 0 Å². The van der Waals surface area contributed by atoms with Crippen molar-refractivity contribution in [2.45, 2.75) is 33.1 Å². The summed E-state index contributed by atoms with van der Waals surface area (Å²) in [6, 6.07) is 12.9. The van der Waals surface area contributed by atoms with Crippen LogP contribution in [0.5, 0.6) is 11.6 Å². The van der Waals surface area contributed by atoms with Crippen LogP contribution in [0.15, 0.2) is 53.0 Å². The Bertz CT molecular complexity index is 1290. The lowest BCUT2D eigenvalue weighted by Gasteiger charge is -2.26. The lowest BCUT2D eigenvalue weighted by Crippen LogP contribution is -2.36. The standard InChI is InChI=1S/C25H24N4O3/c1-17-12-18(2)14-20(13-17)32-23-21(25(31)29-11-7-4-8-22(29)27-23)15-19(16-26)24(30)28-9-5-3-6-10-28/h4,7-8,11-15H,3,5-6,9-10H2,1-2H3. The largest absolute Gasteiger partial charge is 0.438 e. The zero-order chi connectivity index (χ0) is 22.7. The van der Waals surface area contributed by atoms with Crippen LogP contribution in [-0.4, -0.2) is 33.3 Å². The summed E-state index contributed by atoms with van der Waals surface area (Å²) < 4.78 is 7.40. The summed E-state index contributed by atoms with van der Waals surface area (Å²) in [5, 5.41) is 9.71. The van der Waals surface area contributed by atoms with Gasteiger partial charge >= 0.3 is 0 Å². The molecule has 7 nitrogen and oxygen atoms in total. The van der Waals surface area contributed by atoms with E-state index in [0.29, 0.717) is 24.5 Å². The molecule has 3 heterocycles. The van der Waals surface area contributed by atoms with Crippen LogP contribution in [0, 0.1) is 25.2 Å². The molecule has 2 aromatic heterocycles. The lowest BCUT2D eigenvalue weighted by atomic mass is 10.1. The van der Waals surface area contributed by atoms with Crippen molar-refractivity contribution >= 4 is 17.6 Å². The maximum Gasteiger partial charge on any atom is 0.269 e. The fourth-order valence-corrected chi connectivity index (χ4v) is 3.94. The number of piperidine rings is 1. The molecule has 1 amide bonds. The Kier molecular flexibility index (Phi) is 6.04. The van der Waals surface area contributed by atoms with Gasteiger partial charge in [-0.3, -0.25) is 14.0 Å². The van der Waals surface area contributed by atoms with Gasteiger partial charge in [-0.1, -0.05) is 12.1 Å². The van der Waals surface area contributed by atoms with Crippen molar-refractivity contribution in [3.63, 3.8) is 0 Å². The molecule has 0 unspecified atom stereocenters. The van der Waals surface area contributed by atoms with Crippen LogP contribution in [0.4, 0.5) is 0 Å². The van der Waals surface area contributed by atoms with E-state index in [2.05, 4.69) is 4.98 Å². The second kappa shape index (κ2) is 9.06. The summed E-state index contributed by atoms with van der Waals surface area (Å²) in [6.07, 6.45) is 5.79. The van der Waals surface area contributed by atoms with Gasteiger partial charge in [0.2, 0.25) is 5.88 Å². The molecule has 4 rings (SSSR count). The topological polar surface area (TPSA) is 87.7 Å². The number of aryl methyl sites for hydroxylation is 2. The highest BCUT2D eigenvalue weighted by Gasteiger charge is 2.22. The molecule has 32 heavy (non-hydrogen) atoms. The first-order valence-electron chi connectivity index (χ1n) is 10.6. The average Bonchev–Trinajstić information content (AvgIpc) is 2.78. The molecule has 1 aliphatic rings. The third-order valence-electron chi connectivity index (χ3n) is 5.43. The first-order valence-corrected chi connectivity index (χ1v) is 10.6.